The van der Waals surface area contributed by atoms with Crippen molar-refractivity contribution in [1.29, 1.82) is 0 Å². The molecule has 5 heteroatoms. The van der Waals surface area contributed by atoms with E-state index in [0.717, 1.165) is 24.2 Å². The summed E-state index contributed by atoms with van der Waals surface area (Å²) in [5.74, 6) is 0.0288. The Labute approximate surface area is 138 Å². The minimum Gasteiger partial charge on any atom is -0.493 e. The Kier molecular flexibility index (Phi) is 8.16. The summed E-state index contributed by atoms with van der Waals surface area (Å²) in [5.41, 5.74) is 2.28. The van der Waals surface area contributed by atoms with Crippen LogP contribution in [0.4, 0.5) is 0 Å². The van der Waals surface area contributed by atoms with Crippen LogP contribution in [-0.4, -0.2) is 29.6 Å². The zero-order valence-electron chi connectivity index (χ0n) is 14.2. The highest BCUT2D eigenvalue weighted by Gasteiger charge is 2.09. The summed E-state index contributed by atoms with van der Waals surface area (Å²) < 4.78 is 5.75. The second kappa shape index (κ2) is 9.87. The van der Waals surface area contributed by atoms with E-state index in [1.54, 1.807) is 0 Å². The maximum atomic E-state index is 11.7. The van der Waals surface area contributed by atoms with E-state index in [-0.39, 0.29) is 18.4 Å². The van der Waals surface area contributed by atoms with E-state index in [0.29, 0.717) is 19.4 Å². The Hall–Kier alpha value is -2.04. The number of carboxylic acid groups (broad SMARTS) is 1. The van der Waals surface area contributed by atoms with Crippen LogP contribution in [0.5, 0.6) is 5.75 Å². The van der Waals surface area contributed by atoms with Crippen molar-refractivity contribution in [3.05, 3.63) is 29.3 Å². The lowest BCUT2D eigenvalue weighted by Crippen LogP contribution is -2.32. The Morgan fingerprint density at radius 2 is 1.96 bits per heavy atom. The van der Waals surface area contributed by atoms with Crippen molar-refractivity contribution in [1.82, 2.24) is 5.32 Å². The summed E-state index contributed by atoms with van der Waals surface area (Å²) in [5, 5.41) is 11.4. The molecule has 1 amide bonds. The Balaban J connectivity index is 2.15. The summed E-state index contributed by atoms with van der Waals surface area (Å²) in [4.78, 5) is 22.2. The predicted octanol–water partition coefficient (Wildman–Crippen LogP) is 3.22. The summed E-state index contributed by atoms with van der Waals surface area (Å²) in [6.45, 7) is 6.46. The molecule has 1 aromatic carbocycles. The van der Waals surface area contributed by atoms with Crippen LogP contribution < -0.4 is 10.1 Å². The second-order valence-corrected chi connectivity index (χ2v) is 5.98. The van der Waals surface area contributed by atoms with Crippen molar-refractivity contribution in [2.45, 2.75) is 58.9 Å². The number of nitrogens with one attached hydrogen (secondary N) is 1. The van der Waals surface area contributed by atoms with Crippen molar-refractivity contribution in [2.24, 2.45) is 0 Å². The standard InChI is InChI=1S/C18H27NO4/c1-13-7-8-14(2)16(12-13)23-11-5-4-6-17(20)19-15(3)9-10-18(21)22/h7-8,12,15H,4-6,9-11H2,1-3H3,(H,19,20)(H,21,22). The molecule has 23 heavy (non-hydrogen) atoms. The van der Waals surface area contributed by atoms with E-state index < -0.39 is 5.97 Å². The summed E-state index contributed by atoms with van der Waals surface area (Å²) >= 11 is 0. The van der Waals surface area contributed by atoms with Gasteiger partial charge in [-0.15, -0.1) is 0 Å². The number of hydrogen-bond acceptors (Lipinski definition) is 3. The molecule has 0 aliphatic carbocycles. The zero-order chi connectivity index (χ0) is 17.2. The number of aryl methyl sites for hydroxylation is 2. The van der Waals surface area contributed by atoms with E-state index in [9.17, 15) is 9.59 Å². The first-order valence-corrected chi connectivity index (χ1v) is 8.09. The molecule has 0 saturated carbocycles. The van der Waals surface area contributed by atoms with Crippen LogP contribution in [0.1, 0.15) is 50.2 Å². The third-order valence-corrected chi connectivity index (χ3v) is 3.60. The molecule has 0 aliphatic heterocycles. The first-order chi connectivity index (χ1) is 10.9. The smallest absolute Gasteiger partial charge is 0.303 e. The van der Waals surface area contributed by atoms with Crippen LogP contribution in [0.3, 0.4) is 0 Å². The van der Waals surface area contributed by atoms with Crippen molar-refractivity contribution in [3.8, 4) is 5.75 Å². The van der Waals surface area contributed by atoms with Crippen LogP contribution in [0.15, 0.2) is 18.2 Å². The van der Waals surface area contributed by atoms with E-state index in [1.807, 2.05) is 32.9 Å². The third kappa shape index (κ3) is 8.24. The number of ether oxygens (including phenoxy) is 1. The highest BCUT2D eigenvalue weighted by Crippen LogP contribution is 2.19. The van der Waals surface area contributed by atoms with Gasteiger partial charge in [0.1, 0.15) is 5.75 Å². The average Bonchev–Trinajstić information content (AvgIpc) is 2.48. The number of unbranched alkanes of at least 4 members (excludes halogenated alkanes) is 1. The molecule has 1 atom stereocenters. The molecular weight excluding hydrogens is 294 g/mol. The average molecular weight is 321 g/mol. The molecule has 0 heterocycles. The molecule has 1 unspecified atom stereocenters. The van der Waals surface area contributed by atoms with Crippen LogP contribution >= 0.6 is 0 Å². The Morgan fingerprint density at radius 3 is 2.65 bits per heavy atom. The second-order valence-electron chi connectivity index (χ2n) is 5.98. The topological polar surface area (TPSA) is 75.6 Å². The fourth-order valence-corrected chi connectivity index (χ4v) is 2.19. The van der Waals surface area contributed by atoms with Crippen molar-refractivity contribution < 1.29 is 19.4 Å². The first kappa shape index (κ1) is 19.0. The molecule has 5 nitrogen and oxygen atoms in total. The molecular formula is C18H27NO4. The van der Waals surface area contributed by atoms with Gasteiger partial charge in [0.15, 0.2) is 0 Å². The fourth-order valence-electron chi connectivity index (χ4n) is 2.19. The number of hydrogen-bond donors (Lipinski definition) is 2. The maximum absolute atomic E-state index is 11.7. The molecule has 0 aromatic heterocycles. The minimum absolute atomic E-state index is 0.0328. The van der Waals surface area contributed by atoms with E-state index in [4.69, 9.17) is 9.84 Å². The van der Waals surface area contributed by atoms with Gasteiger partial charge in [-0.05, 0) is 57.2 Å². The number of carboxylic acids is 1. The van der Waals surface area contributed by atoms with Crippen LogP contribution in [0.2, 0.25) is 0 Å². The van der Waals surface area contributed by atoms with E-state index in [1.165, 1.54) is 5.56 Å². The Bertz CT molecular complexity index is 528. The number of benzene rings is 1. The molecule has 0 bridgehead atoms. The van der Waals surface area contributed by atoms with Crippen molar-refractivity contribution in [3.63, 3.8) is 0 Å². The quantitative estimate of drug-likeness (QED) is 0.649. The van der Waals surface area contributed by atoms with Gasteiger partial charge in [-0.3, -0.25) is 9.59 Å². The van der Waals surface area contributed by atoms with Gasteiger partial charge in [0, 0.05) is 18.9 Å². The summed E-state index contributed by atoms with van der Waals surface area (Å²) in [6, 6.07) is 6.01. The highest BCUT2D eigenvalue weighted by molar-refractivity contribution is 5.76. The molecule has 0 aliphatic rings. The van der Waals surface area contributed by atoms with E-state index >= 15 is 0 Å². The van der Waals surface area contributed by atoms with Gasteiger partial charge >= 0.3 is 5.97 Å². The van der Waals surface area contributed by atoms with E-state index in [2.05, 4.69) is 11.4 Å². The fraction of sp³-hybridized carbons (Fsp3) is 0.556. The monoisotopic (exact) mass is 321 g/mol. The number of carbonyl (C=O) groups excluding carboxylic acids is 1. The molecule has 0 spiro atoms. The Morgan fingerprint density at radius 1 is 1.22 bits per heavy atom. The third-order valence-electron chi connectivity index (χ3n) is 3.60. The van der Waals surface area contributed by atoms with Crippen molar-refractivity contribution >= 4 is 11.9 Å². The van der Waals surface area contributed by atoms with Crippen LogP contribution in [0, 0.1) is 13.8 Å². The molecule has 1 rings (SSSR count). The maximum Gasteiger partial charge on any atom is 0.303 e. The molecule has 0 fully saturated rings. The summed E-state index contributed by atoms with van der Waals surface area (Å²) in [6.07, 6.45) is 2.53. The molecule has 0 radical (unpaired) electrons. The molecule has 2 N–H and O–H groups in total. The van der Waals surface area contributed by atoms with Gasteiger partial charge in [-0.1, -0.05) is 12.1 Å². The summed E-state index contributed by atoms with van der Waals surface area (Å²) in [7, 11) is 0. The number of amides is 1. The zero-order valence-corrected chi connectivity index (χ0v) is 14.2. The molecule has 128 valence electrons. The number of rotatable bonds is 10. The van der Waals surface area contributed by atoms with Gasteiger partial charge in [0.05, 0.1) is 6.61 Å². The van der Waals surface area contributed by atoms with Crippen LogP contribution in [-0.2, 0) is 9.59 Å². The lowest BCUT2D eigenvalue weighted by atomic mass is 10.1. The van der Waals surface area contributed by atoms with Crippen molar-refractivity contribution in [2.75, 3.05) is 6.61 Å². The lowest BCUT2D eigenvalue weighted by Gasteiger charge is -2.13. The minimum atomic E-state index is -0.838. The SMILES string of the molecule is Cc1ccc(C)c(OCCCCC(=O)NC(C)CCC(=O)O)c1. The number of carbonyl (C=O) groups is 2. The largest absolute Gasteiger partial charge is 0.493 e. The van der Waals surface area contributed by atoms with Gasteiger partial charge < -0.3 is 15.2 Å². The molecule has 1 aromatic rings. The predicted molar refractivity (Wildman–Crippen MR) is 89.7 cm³/mol. The normalized spacial score (nSPS) is 11.8. The van der Waals surface area contributed by atoms with Gasteiger partial charge in [0.25, 0.3) is 0 Å². The first-order valence-electron chi connectivity index (χ1n) is 8.09. The highest BCUT2D eigenvalue weighted by atomic mass is 16.5. The number of aliphatic carboxylic acids is 1. The van der Waals surface area contributed by atoms with Gasteiger partial charge in [-0.2, -0.15) is 0 Å². The van der Waals surface area contributed by atoms with Crippen LogP contribution in [0.25, 0.3) is 0 Å². The molecule has 0 saturated heterocycles. The van der Waals surface area contributed by atoms with Gasteiger partial charge in [-0.25, -0.2) is 0 Å². The lowest BCUT2D eigenvalue weighted by molar-refractivity contribution is -0.137. The van der Waals surface area contributed by atoms with Gasteiger partial charge in [0.2, 0.25) is 5.91 Å².